The van der Waals surface area contributed by atoms with E-state index in [-0.39, 0.29) is 5.92 Å². The van der Waals surface area contributed by atoms with Crippen molar-refractivity contribution >= 4 is 18.3 Å². The summed E-state index contributed by atoms with van der Waals surface area (Å²) >= 11 is 0. The number of hydrogen-bond acceptors (Lipinski definition) is 6. The molecule has 0 aromatic heterocycles. The van der Waals surface area contributed by atoms with Crippen molar-refractivity contribution in [2.24, 2.45) is 5.92 Å². The average molecular weight is 405 g/mol. The predicted octanol–water partition coefficient (Wildman–Crippen LogP) is 3.65. The number of amides is 1. The van der Waals surface area contributed by atoms with Gasteiger partial charge in [0.2, 0.25) is 0 Å². The molecular weight excluding hydrogens is 374 g/mol. The van der Waals surface area contributed by atoms with Crippen LogP contribution in [0.25, 0.3) is 0 Å². The van der Waals surface area contributed by atoms with Crippen molar-refractivity contribution in [3.8, 4) is 5.75 Å². The largest absolute Gasteiger partial charge is 0.486 e. The van der Waals surface area contributed by atoms with Crippen LogP contribution in [0.2, 0.25) is 0 Å². The molecule has 0 saturated carbocycles. The standard InChI is InChI=1S/C22H31NO6/c1-15-19(28-17-10-6-5-7-11-17)16(13-14-24)9-8-12-18(20(25)27-15)23-21(26)29-22(2,3)4/h5-7,10-11,14-16,18-19H,8-9,12-13H2,1-4H3,(H,23,26)/t15-,16+,18-,19-/m0/s1. The lowest BCUT2D eigenvalue weighted by molar-refractivity contribution is -0.156. The quantitative estimate of drug-likeness (QED) is 0.594. The first kappa shape index (κ1) is 22.7. The number of benzene rings is 1. The molecular formula is C22H31NO6. The van der Waals surface area contributed by atoms with E-state index in [0.29, 0.717) is 31.4 Å². The summed E-state index contributed by atoms with van der Waals surface area (Å²) in [6.45, 7) is 7.02. The molecule has 1 aromatic carbocycles. The Labute approximate surface area is 172 Å². The lowest BCUT2D eigenvalue weighted by Crippen LogP contribution is -2.46. The maximum atomic E-state index is 12.7. The van der Waals surface area contributed by atoms with Gasteiger partial charge in [-0.1, -0.05) is 24.6 Å². The smallest absolute Gasteiger partial charge is 0.408 e. The molecule has 7 heteroatoms. The molecule has 0 bridgehead atoms. The van der Waals surface area contributed by atoms with Gasteiger partial charge >= 0.3 is 12.1 Å². The minimum Gasteiger partial charge on any atom is -0.486 e. The molecule has 29 heavy (non-hydrogen) atoms. The van der Waals surface area contributed by atoms with Gasteiger partial charge in [0.25, 0.3) is 0 Å². The van der Waals surface area contributed by atoms with E-state index < -0.39 is 35.9 Å². The number of nitrogens with one attached hydrogen (secondary N) is 1. The number of para-hydroxylation sites is 1. The lowest BCUT2D eigenvalue weighted by Gasteiger charge is -2.30. The second-order valence-corrected chi connectivity index (χ2v) is 8.33. The third-order valence-corrected chi connectivity index (χ3v) is 4.69. The first-order chi connectivity index (χ1) is 13.7. The summed E-state index contributed by atoms with van der Waals surface area (Å²) in [4.78, 5) is 36.0. The number of carbonyl (C=O) groups is 3. The fourth-order valence-corrected chi connectivity index (χ4v) is 3.39. The first-order valence-corrected chi connectivity index (χ1v) is 10.0. The van der Waals surface area contributed by atoms with Crippen LogP contribution in [0.4, 0.5) is 4.79 Å². The monoisotopic (exact) mass is 405 g/mol. The summed E-state index contributed by atoms with van der Waals surface area (Å²) in [6, 6.07) is 8.44. The molecule has 7 nitrogen and oxygen atoms in total. The molecule has 0 spiro atoms. The van der Waals surface area contributed by atoms with Crippen molar-refractivity contribution < 1.29 is 28.6 Å². The molecule has 1 N–H and O–H groups in total. The molecule has 1 fully saturated rings. The Morgan fingerprint density at radius 1 is 1.24 bits per heavy atom. The summed E-state index contributed by atoms with van der Waals surface area (Å²) in [6.07, 6.45) is 1.17. The molecule has 0 radical (unpaired) electrons. The van der Waals surface area contributed by atoms with E-state index in [1.54, 1.807) is 27.7 Å². The van der Waals surface area contributed by atoms with Crippen molar-refractivity contribution in [1.82, 2.24) is 5.32 Å². The van der Waals surface area contributed by atoms with E-state index in [1.807, 2.05) is 30.3 Å². The topological polar surface area (TPSA) is 90.9 Å². The highest BCUT2D eigenvalue weighted by Crippen LogP contribution is 2.28. The van der Waals surface area contributed by atoms with Crippen LogP contribution in [0, 0.1) is 5.92 Å². The Morgan fingerprint density at radius 2 is 1.93 bits per heavy atom. The number of esters is 1. The molecule has 1 aromatic rings. The highest BCUT2D eigenvalue weighted by molar-refractivity contribution is 5.81. The summed E-state index contributed by atoms with van der Waals surface area (Å²) in [5, 5.41) is 2.61. The Hall–Kier alpha value is -2.57. The van der Waals surface area contributed by atoms with Gasteiger partial charge in [-0.2, -0.15) is 0 Å². The van der Waals surface area contributed by atoms with E-state index in [0.717, 1.165) is 6.29 Å². The maximum Gasteiger partial charge on any atom is 0.408 e. The van der Waals surface area contributed by atoms with Crippen LogP contribution in [0.1, 0.15) is 53.4 Å². The van der Waals surface area contributed by atoms with Crippen LogP contribution in [0.5, 0.6) is 5.75 Å². The molecule has 1 saturated heterocycles. The minimum absolute atomic E-state index is 0.101. The number of ether oxygens (including phenoxy) is 3. The summed E-state index contributed by atoms with van der Waals surface area (Å²) in [5.41, 5.74) is -0.663. The molecule has 1 aliphatic heterocycles. The fraction of sp³-hybridized carbons (Fsp3) is 0.591. The van der Waals surface area contributed by atoms with E-state index in [9.17, 15) is 14.4 Å². The van der Waals surface area contributed by atoms with Crippen molar-refractivity contribution in [2.45, 2.75) is 77.2 Å². The zero-order chi connectivity index (χ0) is 21.4. The molecule has 1 aliphatic rings. The van der Waals surface area contributed by atoms with Crippen molar-refractivity contribution in [1.29, 1.82) is 0 Å². The Kier molecular flexibility index (Phi) is 8.05. The molecule has 4 atom stereocenters. The number of cyclic esters (lactones) is 1. The molecule has 1 heterocycles. The normalized spacial score (nSPS) is 25.6. The fourth-order valence-electron chi connectivity index (χ4n) is 3.39. The predicted molar refractivity (Wildman–Crippen MR) is 108 cm³/mol. The highest BCUT2D eigenvalue weighted by Gasteiger charge is 2.36. The zero-order valence-corrected chi connectivity index (χ0v) is 17.6. The van der Waals surface area contributed by atoms with Crippen LogP contribution >= 0.6 is 0 Å². The minimum atomic E-state index is -0.806. The van der Waals surface area contributed by atoms with E-state index in [1.165, 1.54) is 0 Å². The van der Waals surface area contributed by atoms with Crippen LogP contribution in [0.3, 0.4) is 0 Å². The van der Waals surface area contributed by atoms with Gasteiger partial charge in [0.15, 0.2) is 0 Å². The van der Waals surface area contributed by atoms with E-state index in [4.69, 9.17) is 14.2 Å². The number of hydrogen-bond donors (Lipinski definition) is 1. The Bertz CT molecular complexity index is 684. The second kappa shape index (κ2) is 10.3. The van der Waals surface area contributed by atoms with Gasteiger partial charge in [-0.25, -0.2) is 9.59 Å². The SMILES string of the molecule is C[C@@H]1OC(=O)[C@@H](NC(=O)OC(C)(C)C)CCC[C@H](CC=O)[C@H]1Oc1ccccc1. The van der Waals surface area contributed by atoms with Crippen molar-refractivity contribution in [2.75, 3.05) is 0 Å². The van der Waals surface area contributed by atoms with Crippen LogP contribution in [0.15, 0.2) is 30.3 Å². The number of carbonyl (C=O) groups excluding carboxylic acids is 3. The number of alkyl carbamates (subject to hydrolysis) is 1. The summed E-state index contributed by atoms with van der Waals surface area (Å²) in [5.74, 6) is 0.0199. The molecule has 0 unspecified atom stereocenters. The summed E-state index contributed by atoms with van der Waals surface area (Å²) < 4.78 is 17.0. The molecule has 2 rings (SSSR count). The average Bonchev–Trinajstić information content (AvgIpc) is 2.67. The van der Waals surface area contributed by atoms with Gasteiger partial charge in [-0.05, 0) is 52.7 Å². The third kappa shape index (κ3) is 7.40. The zero-order valence-electron chi connectivity index (χ0n) is 17.6. The van der Waals surface area contributed by atoms with Crippen LogP contribution in [-0.4, -0.2) is 42.2 Å². The van der Waals surface area contributed by atoms with Crippen LogP contribution < -0.4 is 10.1 Å². The Morgan fingerprint density at radius 3 is 2.55 bits per heavy atom. The van der Waals surface area contributed by atoms with Gasteiger partial charge in [0.1, 0.15) is 35.9 Å². The lowest BCUT2D eigenvalue weighted by atomic mass is 9.90. The van der Waals surface area contributed by atoms with E-state index in [2.05, 4.69) is 5.32 Å². The number of rotatable bonds is 5. The Balaban J connectivity index is 2.14. The molecule has 1 amide bonds. The third-order valence-electron chi connectivity index (χ3n) is 4.69. The van der Waals surface area contributed by atoms with Gasteiger partial charge in [0.05, 0.1) is 0 Å². The highest BCUT2D eigenvalue weighted by atomic mass is 16.6. The maximum absolute atomic E-state index is 12.7. The van der Waals surface area contributed by atoms with Gasteiger partial charge in [-0.3, -0.25) is 0 Å². The van der Waals surface area contributed by atoms with E-state index >= 15 is 0 Å². The van der Waals surface area contributed by atoms with Crippen LogP contribution in [-0.2, 0) is 19.1 Å². The van der Waals surface area contributed by atoms with Crippen molar-refractivity contribution in [3.05, 3.63) is 30.3 Å². The summed E-state index contributed by atoms with van der Waals surface area (Å²) in [7, 11) is 0. The molecule has 160 valence electrons. The van der Waals surface area contributed by atoms with Gasteiger partial charge in [-0.15, -0.1) is 0 Å². The second-order valence-electron chi connectivity index (χ2n) is 8.33. The van der Waals surface area contributed by atoms with Gasteiger partial charge in [0, 0.05) is 12.3 Å². The number of aldehydes is 1. The molecule has 0 aliphatic carbocycles. The van der Waals surface area contributed by atoms with Crippen molar-refractivity contribution in [3.63, 3.8) is 0 Å². The van der Waals surface area contributed by atoms with Gasteiger partial charge < -0.3 is 24.3 Å². The first-order valence-electron chi connectivity index (χ1n) is 10.0.